The van der Waals surface area contributed by atoms with Crippen LogP contribution in [0.2, 0.25) is 0 Å². The lowest BCUT2D eigenvalue weighted by Crippen LogP contribution is -2.36. The molecule has 1 atom stereocenters. The summed E-state index contributed by atoms with van der Waals surface area (Å²) in [5.74, 6) is 0.644. The molecule has 94 valence electrons. The second kappa shape index (κ2) is 6.01. The first-order valence-electron chi connectivity index (χ1n) is 6.62. The molecule has 0 unspecified atom stereocenters. The molecule has 0 radical (unpaired) electrons. The van der Waals surface area contributed by atoms with Crippen molar-refractivity contribution in [3.05, 3.63) is 24.2 Å². The molecule has 0 aliphatic carbocycles. The highest BCUT2D eigenvalue weighted by molar-refractivity contribution is 5.93. The Morgan fingerprint density at radius 3 is 3.06 bits per heavy atom. The first-order valence-corrected chi connectivity index (χ1v) is 6.62. The van der Waals surface area contributed by atoms with Crippen molar-refractivity contribution in [1.29, 1.82) is 0 Å². The van der Waals surface area contributed by atoms with E-state index in [0.29, 0.717) is 18.2 Å². The number of Topliss-reactive ketones (excluding diaryl/α,β-unsaturated/α-hetero) is 1. The number of furan rings is 1. The average molecular weight is 235 g/mol. The van der Waals surface area contributed by atoms with Crippen molar-refractivity contribution >= 4 is 5.78 Å². The van der Waals surface area contributed by atoms with Gasteiger partial charge in [0.05, 0.1) is 6.26 Å². The van der Waals surface area contributed by atoms with Gasteiger partial charge < -0.3 is 9.32 Å². The van der Waals surface area contributed by atoms with Crippen LogP contribution >= 0.6 is 0 Å². The summed E-state index contributed by atoms with van der Waals surface area (Å²) in [6, 6.07) is 3.94. The van der Waals surface area contributed by atoms with Crippen molar-refractivity contribution in [2.75, 3.05) is 13.1 Å². The number of hydrogen-bond donors (Lipinski definition) is 0. The van der Waals surface area contributed by atoms with Gasteiger partial charge in [-0.25, -0.2) is 0 Å². The summed E-state index contributed by atoms with van der Waals surface area (Å²) in [5, 5.41) is 0. The molecule has 1 aliphatic rings. The van der Waals surface area contributed by atoms with Gasteiger partial charge in [-0.1, -0.05) is 19.8 Å². The molecule has 0 amide bonds. The number of carbonyl (C=O) groups excluding carboxylic acids is 1. The number of hydrogen-bond acceptors (Lipinski definition) is 3. The minimum atomic E-state index is 0.139. The van der Waals surface area contributed by atoms with Crippen LogP contribution in [0.25, 0.3) is 0 Å². The van der Waals surface area contributed by atoms with E-state index in [0.717, 1.165) is 19.5 Å². The number of nitrogens with zero attached hydrogens (tertiary/aromatic N) is 1. The largest absolute Gasteiger partial charge is 0.461 e. The summed E-state index contributed by atoms with van der Waals surface area (Å²) in [6.07, 6.45) is 7.10. The smallest absolute Gasteiger partial charge is 0.199 e. The van der Waals surface area contributed by atoms with Crippen molar-refractivity contribution in [3.8, 4) is 0 Å². The standard InChI is InChI=1S/C14H21NO2/c1-2-15-9-5-3-4-7-12(15)11-13(16)14-8-6-10-17-14/h6,8,10,12H,2-5,7,9,11H2,1H3/t12-/m0/s1. The van der Waals surface area contributed by atoms with E-state index in [-0.39, 0.29) is 5.78 Å². The summed E-state index contributed by atoms with van der Waals surface area (Å²) >= 11 is 0. The quantitative estimate of drug-likeness (QED) is 0.752. The monoisotopic (exact) mass is 235 g/mol. The molecule has 1 saturated heterocycles. The Morgan fingerprint density at radius 2 is 2.35 bits per heavy atom. The molecule has 0 saturated carbocycles. The molecule has 1 fully saturated rings. The van der Waals surface area contributed by atoms with E-state index in [2.05, 4.69) is 11.8 Å². The van der Waals surface area contributed by atoms with Gasteiger partial charge in [0.25, 0.3) is 0 Å². The molecule has 3 nitrogen and oxygen atoms in total. The Kier molecular flexibility index (Phi) is 4.37. The molecular formula is C14H21NO2. The van der Waals surface area contributed by atoms with E-state index in [1.807, 2.05) is 0 Å². The first-order chi connectivity index (χ1) is 8.31. The maximum absolute atomic E-state index is 12.0. The summed E-state index contributed by atoms with van der Waals surface area (Å²) in [6.45, 7) is 4.35. The molecule has 0 aromatic carbocycles. The van der Waals surface area contributed by atoms with Gasteiger partial charge in [0, 0.05) is 12.5 Å². The highest BCUT2D eigenvalue weighted by Gasteiger charge is 2.23. The maximum Gasteiger partial charge on any atom is 0.199 e. The molecule has 0 N–H and O–H groups in total. The molecule has 2 heterocycles. The van der Waals surface area contributed by atoms with Gasteiger partial charge in [0.1, 0.15) is 0 Å². The van der Waals surface area contributed by atoms with E-state index in [1.165, 1.54) is 19.3 Å². The van der Waals surface area contributed by atoms with Crippen LogP contribution < -0.4 is 0 Å². The van der Waals surface area contributed by atoms with Gasteiger partial charge >= 0.3 is 0 Å². The van der Waals surface area contributed by atoms with Crippen molar-refractivity contribution in [1.82, 2.24) is 4.90 Å². The third kappa shape index (κ3) is 3.19. The fourth-order valence-electron chi connectivity index (χ4n) is 2.64. The minimum absolute atomic E-state index is 0.139. The number of carbonyl (C=O) groups is 1. The van der Waals surface area contributed by atoms with Gasteiger partial charge in [-0.3, -0.25) is 4.79 Å². The lowest BCUT2D eigenvalue weighted by molar-refractivity contribution is 0.0895. The Morgan fingerprint density at radius 1 is 1.47 bits per heavy atom. The van der Waals surface area contributed by atoms with Crippen molar-refractivity contribution < 1.29 is 9.21 Å². The number of ketones is 1. The molecule has 3 heteroatoms. The van der Waals surface area contributed by atoms with Crippen molar-refractivity contribution in [3.63, 3.8) is 0 Å². The molecule has 1 aliphatic heterocycles. The SMILES string of the molecule is CCN1CCCCC[C@H]1CC(=O)c1ccco1. The predicted molar refractivity (Wildman–Crippen MR) is 67.2 cm³/mol. The van der Waals surface area contributed by atoms with Gasteiger partial charge in [0.2, 0.25) is 0 Å². The first kappa shape index (κ1) is 12.4. The van der Waals surface area contributed by atoms with Gasteiger partial charge in [-0.2, -0.15) is 0 Å². The van der Waals surface area contributed by atoms with Crippen LogP contribution in [0, 0.1) is 0 Å². The normalized spacial score (nSPS) is 22.3. The molecule has 2 rings (SSSR count). The van der Waals surface area contributed by atoms with Crippen LogP contribution in [0.4, 0.5) is 0 Å². The van der Waals surface area contributed by atoms with Gasteiger partial charge in [0.15, 0.2) is 11.5 Å². The topological polar surface area (TPSA) is 33.5 Å². The lowest BCUT2D eigenvalue weighted by Gasteiger charge is -2.27. The fourth-order valence-corrected chi connectivity index (χ4v) is 2.64. The Balaban J connectivity index is 1.97. The Labute approximate surface area is 103 Å². The van der Waals surface area contributed by atoms with Crippen LogP contribution in [0.5, 0.6) is 0 Å². The van der Waals surface area contributed by atoms with E-state index < -0.39 is 0 Å². The summed E-state index contributed by atoms with van der Waals surface area (Å²) in [5.41, 5.74) is 0. The van der Waals surface area contributed by atoms with E-state index in [4.69, 9.17) is 4.42 Å². The highest BCUT2D eigenvalue weighted by Crippen LogP contribution is 2.20. The molecular weight excluding hydrogens is 214 g/mol. The maximum atomic E-state index is 12.0. The lowest BCUT2D eigenvalue weighted by atomic mass is 10.0. The van der Waals surface area contributed by atoms with Gasteiger partial charge in [-0.05, 0) is 38.1 Å². The zero-order valence-corrected chi connectivity index (χ0v) is 10.5. The molecule has 1 aromatic rings. The van der Waals surface area contributed by atoms with E-state index in [1.54, 1.807) is 18.4 Å². The highest BCUT2D eigenvalue weighted by atomic mass is 16.3. The van der Waals surface area contributed by atoms with Crippen LogP contribution in [-0.2, 0) is 0 Å². The Hall–Kier alpha value is -1.09. The molecule has 1 aromatic heterocycles. The van der Waals surface area contributed by atoms with E-state index >= 15 is 0 Å². The zero-order chi connectivity index (χ0) is 12.1. The molecule has 17 heavy (non-hydrogen) atoms. The van der Waals surface area contributed by atoms with Crippen LogP contribution in [0.3, 0.4) is 0 Å². The zero-order valence-electron chi connectivity index (χ0n) is 10.5. The average Bonchev–Trinajstić information content (AvgIpc) is 2.78. The Bertz CT molecular complexity index is 345. The molecule has 0 bridgehead atoms. The third-order valence-corrected chi connectivity index (χ3v) is 3.62. The second-order valence-corrected chi connectivity index (χ2v) is 4.74. The van der Waals surface area contributed by atoms with Gasteiger partial charge in [-0.15, -0.1) is 0 Å². The number of likely N-dealkylation sites (tertiary alicyclic amines) is 1. The third-order valence-electron chi connectivity index (χ3n) is 3.62. The van der Waals surface area contributed by atoms with Crippen molar-refractivity contribution in [2.24, 2.45) is 0 Å². The molecule has 0 spiro atoms. The van der Waals surface area contributed by atoms with Crippen LogP contribution in [-0.4, -0.2) is 29.8 Å². The predicted octanol–water partition coefficient (Wildman–Crippen LogP) is 3.12. The summed E-state index contributed by atoms with van der Waals surface area (Å²) in [4.78, 5) is 14.5. The van der Waals surface area contributed by atoms with Crippen molar-refractivity contribution in [2.45, 2.75) is 45.1 Å². The van der Waals surface area contributed by atoms with E-state index in [9.17, 15) is 4.79 Å². The summed E-state index contributed by atoms with van der Waals surface area (Å²) in [7, 11) is 0. The van der Waals surface area contributed by atoms with Crippen LogP contribution in [0.1, 0.15) is 49.6 Å². The number of rotatable bonds is 4. The van der Waals surface area contributed by atoms with Crippen LogP contribution in [0.15, 0.2) is 22.8 Å². The minimum Gasteiger partial charge on any atom is -0.461 e. The summed E-state index contributed by atoms with van der Waals surface area (Å²) < 4.78 is 5.17. The fraction of sp³-hybridized carbons (Fsp3) is 0.643. The second-order valence-electron chi connectivity index (χ2n) is 4.74.